The average Bonchev–Trinajstić information content (AvgIpc) is 3.73. The number of hydrogen-bond donors (Lipinski definition) is 0. The Labute approximate surface area is 346 Å². The van der Waals surface area contributed by atoms with Crippen molar-refractivity contribution in [3.05, 3.63) is 216 Å². The summed E-state index contributed by atoms with van der Waals surface area (Å²) in [5.74, 6) is 0.727. The van der Waals surface area contributed by atoms with Crippen LogP contribution < -0.4 is 0 Å². The molecule has 290 valence electrons. The summed E-state index contributed by atoms with van der Waals surface area (Å²) in [4.78, 5) is 5.11. The van der Waals surface area contributed by atoms with Crippen molar-refractivity contribution in [2.75, 3.05) is 0 Å². The van der Waals surface area contributed by atoms with Crippen molar-refractivity contribution < 1.29 is 0 Å². The Kier molecular flexibility index (Phi) is 12.9. The van der Waals surface area contributed by atoms with Gasteiger partial charge < -0.3 is 0 Å². The highest BCUT2D eigenvalue weighted by Gasteiger charge is 2.38. The zero-order valence-corrected chi connectivity index (χ0v) is 35.5. The largest absolute Gasteiger partial charge is 0.294 e. The van der Waals surface area contributed by atoms with Crippen LogP contribution in [-0.4, -0.2) is 10.3 Å². The summed E-state index contributed by atoms with van der Waals surface area (Å²) in [6.45, 7) is 25.6. The Morgan fingerprint density at radius 1 is 0.534 bits per heavy atom. The molecule has 0 saturated carbocycles. The zero-order chi connectivity index (χ0) is 41.4. The van der Waals surface area contributed by atoms with Crippen LogP contribution >= 0.6 is 0 Å². The highest BCUT2D eigenvalue weighted by atomic mass is 15.1. The number of hydrogen-bond acceptors (Lipinski definition) is 1. The minimum Gasteiger partial charge on any atom is -0.294 e. The second-order valence-corrected chi connectivity index (χ2v) is 15.1. The van der Waals surface area contributed by atoms with E-state index in [0.717, 1.165) is 28.2 Å². The molecule has 7 aromatic carbocycles. The molecule has 0 bridgehead atoms. The van der Waals surface area contributed by atoms with Crippen molar-refractivity contribution in [1.82, 2.24) is 4.57 Å². The van der Waals surface area contributed by atoms with Crippen LogP contribution in [-0.2, 0) is 5.41 Å². The smallest absolute Gasteiger partial charge is 0.130 e. The predicted molar refractivity (Wildman–Crippen MR) is 255 cm³/mol. The van der Waals surface area contributed by atoms with Gasteiger partial charge in [0.2, 0.25) is 0 Å². The lowest BCUT2D eigenvalue weighted by atomic mass is 9.80. The van der Waals surface area contributed by atoms with Crippen molar-refractivity contribution in [2.45, 2.75) is 60.8 Å². The van der Waals surface area contributed by atoms with Gasteiger partial charge in [-0.15, -0.1) is 0 Å². The molecule has 8 aromatic rings. The highest BCUT2D eigenvalue weighted by Crippen LogP contribution is 2.53. The third kappa shape index (κ3) is 8.15. The van der Waals surface area contributed by atoms with Crippen molar-refractivity contribution in [1.29, 1.82) is 0 Å². The first-order valence-electron chi connectivity index (χ1n) is 20.4. The summed E-state index contributed by atoms with van der Waals surface area (Å²) < 4.78 is 2.30. The zero-order valence-electron chi connectivity index (χ0n) is 35.5. The summed E-state index contributed by atoms with van der Waals surface area (Å²) in [6, 6.07) is 59.2. The van der Waals surface area contributed by atoms with Gasteiger partial charge in [-0.05, 0) is 89.4 Å². The average molecular weight is 757 g/mol. The molecule has 0 unspecified atom stereocenters. The van der Waals surface area contributed by atoms with Gasteiger partial charge >= 0.3 is 0 Å². The van der Waals surface area contributed by atoms with E-state index in [1.165, 1.54) is 66.4 Å². The lowest BCUT2D eigenvalue weighted by Gasteiger charge is -2.22. The fourth-order valence-corrected chi connectivity index (χ4v) is 8.16. The monoisotopic (exact) mass is 756 g/mol. The van der Waals surface area contributed by atoms with Crippen molar-refractivity contribution >= 4 is 38.9 Å². The topological polar surface area (TPSA) is 17.3 Å². The predicted octanol–water partition coefficient (Wildman–Crippen LogP) is 15.8. The van der Waals surface area contributed by atoms with E-state index in [2.05, 4.69) is 162 Å². The molecule has 1 aliphatic carbocycles. The van der Waals surface area contributed by atoms with E-state index in [9.17, 15) is 0 Å². The van der Waals surface area contributed by atoms with Crippen LogP contribution in [0.25, 0.3) is 55.5 Å². The molecule has 9 rings (SSSR count). The molecular formula is C56H56N2. The Morgan fingerprint density at radius 3 is 1.60 bits per heavy atom. The summed E-state index contributed by atoms with van der Waals surface area (Å²) in [5, 5.41) is 2.55. The van der Waals surface area contributed by atoms with E-state index in [1.807, 2.05) is 81.4 Å². The van der Waals surface area contributed by atoms with Crippen molar-refractivity contribution in [3.63, 3.8) is 0 Å². The maximum atomic E-state index is 5.11. The van der Waals surface area contributed by atoms with Gasteiger partial charge in [-0.3, -0.25) is 4.57 Å². The van der Waals surface area contributed by atoms with Crippen molar-refractivity contribution in [2.24, 2.45) is 4.99 Å². The Balaban J connectivity index is 0.000000277. The molecule has 2 heteroatoms. The van der Waals surface area contributed by atoms with Gasteiger partial charge in [-0.2, -0.15) is 0 Å². The number of aromatic nitrogens is 1. The number of fused-ring (bicyclic) bond motifs is 7. The summed E-state index contributed by atoms with van der Waals surface area (Å²) in [5.41, 5.74) is 17.0. The SMILES string of the molecule is C=C(/N=C(\C)c1ccccc1)n1c2ccc3c(c2c2ccc(-c4ccccc4C)c(C)c21)C(C)(C)c1ccccc1-3.C=C(C)c1ccccc1.CC.c1ccccc1. The van der Waals surface area contributed by atoms with E-state index in [1.54, 1.807) is 0 Å². The van der Waals surface area contributed by atoms with Gasteiger partial charge in [0.1, 0.15) is 5.82 Å². The quantitative estimate of drug-likeness (QED) is 0.156. The molecule has 2 nitrogen and oxygen atoms in total. The Hall–Kier alpha value is -6.51. The van der Waals surface area contributed by atoms with E-state index >= 15 is 0 Å². The number of aryl methyl sites for hydroxylation is 2. The maximum absolute atomic E-state index is 5.11. The number of benzene rings is 7. The molecule has 1 heterocycles. The number of aliphatic imine (C=N–C) groups is 1. The second kappa shape index (κ2) is 18.2. The number of nitrogens with zero attached hydrogens (tertiary/aromatic N) is 2. The Bertz CT molecular complexity index is 2680. The van der Waals surface area contributed by atoms with Gasteiger partial charge in [0.05, 0.1) is 11.0 Å². The van der Waals surface area contributed by atoms with Gasteiger partial charge in [-0.25, -0.2) is 4.99 Å². The summed E-state index contributed by atoms with van der Waals surface area (Å²) in [6.07, 6.45) is 0. The van der Waals surface area contributed by atoms with Crippen molar-refractivity contribution in [3.8, 4) is 22.3 Å². The van der Waals surface area contributed by atoms with Crippen LogP contribution in [0.15, 0.2) is 188 Å². The molecule has 58 heavy (non-hydrogen) atoms. The molecule has 0 fully saturated rings. The minimum atomic E-state index is -0.127. The second-order valence-electron chi connectivity index (χ2n) is 15.1. The van der Waals surface area contributed by atoms with E-state index in [-0.39, 0.29) is 5.41 Å². The molecule has 0 atom stereocenters. The fraction of sp³-hybridized carbons (Fsp3) is 0.161. The number of allylic oxidation sites excluding steroid dienone is 1. The normalized spacial score (nSPS) is 12.2. The molecule has 1 aromatic heterocycles. The molecule has 0 saturated heterocycles. The third-order valence-electron chi connectivity index (χ3n) is 11.0. The van der Waals surface area contributed by atoms with Gasteiger partial charge in [0.25, 0.3) is 0 Å². The maximum Gasteiger partial charge on any atom is 0.130 e. The lowest BCUT2D eigenvalue weighted by molar-refractivity contribution is 0.666. The summed E-state index contributed by atoms with van der Waals surface area (Å²) >= 11 is 0. The first-order valence-corrected chi connectivity index (χ1v) is 20.4. The summed E-state index contributed by atoms with van der Waals surface area (Å²) in [7, 11) is 0. The van der Waals surface area contributed by atoms with E-state index in [0.29, 0.717) is 0 Å². The molecule has 1 aliphatic rings. The van der Waals surface area contributed by atoms with Crippen LogP contribution in [0.3, 0.4) is 0 Å². The molecular weight excluding hydrogens is 701 g/mol. The third-order valence-corrected chi connectivity index (χ3v) is 11.0. The molecule has 0 amide bonds. The molecule has 0 N–H and O–H groups in total. The van der Waals surface area contributed by atoms with Crippen LogP contribution in [0.5, 0.6) is 0 Å². The number of rotatable bonds is 5. The first-order chi connectivity index (χ1) is 28.1. The molecule has 0 aliphatic heterocycles. The standard InChI is InChI=1S/C39H34N2.C9H10.C6H6.C2H6/c1-24-14-10-11-17-29(24)30-20-21-33-36-35(23-22-32-31-18-12-13-19-34(31)39(5,6)37(32)36)41(38(33)25(30)2)27(4)40-26(3)28-15-8-7-9-16-28;1-8(2)9-6-4-3-5-7-9;1-2-4-6-5-3-1;1-2/h7-23H,4H2,1-3,5-6H3;3-7H,1H2,2H3;1-6H;1-2H3/b40-26+;;;. The van der Waals surface area contributed by atoms with Crippen LogP contribution in [0.1, 0.15) is 74.9 Å². The van der Waals surface area contributed by atoms with Gasteiger partial charge in [0, 0.05) is 21.9 Å². The fourth-order valence-electron chi connectivity index (χ4n) is 8.16. The molecule has 0 radical (unpaired) electrons. The van der Waals surface area contributed by atoms with Crippen LogP contribution in [0, 0.1) is 13.8 Å². The van der Waals surface area contributed by atoms with Crippen LogP contribution in [0.2, 0.25) is 0 Å². The van der Waals surface area contributed by atoms with E-state index < -0.39 is 0 Å². The first kappa shape index (κ1) is 41.1. The highest BCUT2D eigenvalue weighted by molar-refractivity contribution is 6.17. The molecule has 0 spiro atoms. The van der Waals surface area contributed by atoms with E-state index in [4.69, 9.17) is 4.99 Å². The lowest BCUT2D eigenvalue weighted by Crippen LogP contribution is -2.15. The minimum absolute atomic E-state index is 0.127. The Morgan fingerprint density at radius 2 is 1.03 bits per heavy atom. The van der Waals surface area contributed by atoms with Gasteiger partial charge in [0.15, 0.2) is 0 Å². The van der Waals surface area contributed by atoms with Crippen LogP contribution in [0.4, 0.5) is 0 Å². The van der Waals surface area contributed by atoms with Gasteiger partial charge in [-0.1, -0.05) is 210 Å².